The molecule has 5 heteroatoms. The van der Waals surface area contributed by atoms with E-state index in [0.717, 1.165) is 10.0 Å². The van der Waals surface area contributed by atoms with Crippen LogP contribution in [0.25, 0.3) is 0 Å². The van der Waals surface area contributed by atoms with Gasteiger partial charge in [-0.25, -0.2) is 0 Å². The second-order valence-corrected chi connectivity index (χ2v) is 4.40. The largest absolute Gasteiger partial charge is 0.355 e. The monoisotopic (exact) mass is 298 g/mol. The Hall–Kier alpha value is -1.36. The van der Waals surface area contributed by atoms with E-state index in [1.54, 1.807) is 12.1 Å². The third kappa shape index (κ3) is 3.85. The summed E-state index contributed by atoms with van der Waals surface area (Å²) in [7, 11) is 0. The molecule has 1 rings (SSSR count). The molecule has 4 nitrogen and oxygen atoms in total. The van der Waals surface area contributed by atoms with Crippen LogP contribution >= 0.6 is 15.9 Å². The average Bonchev–Trinajstić information content (AvgIpc) is 2.30. The second-order valence-electron chi connectivity index (χ2n) is 3.55. The summed E-state index contributed by atoms with van der Waals surface area (Å²) in [5, 5.41) is 5.20. The number of amides is 2. The quantitative estimate of drug-likeness (QED) is 0.887. The molecule has 1 aromatic rings. The number of carbonyl (C=O) groups excluding carboxylic acids is 2. The molecule has 2 amide bonds. The topological polar surface area (TPSA) is 58.2 Å². The highest BCUT2D eigenvalue weighted by molar-refractivity contribution is 9.10. The third-order valence-electron chi connectivity index (χ3n) is 2.30. The molecule has 17 heavy (non-hydrogen) atoms. The smallest absolute Gasteiger partial charge is 0.252 e. The number of nitrogens with one attached hydrogen (secondary N) is 2. The van der Waals surface area contributed by atoms with E-state index in [4.69, 9.17) is 0 Å². The Morgan fingerprint density at radius 2 is 2.00 bits per heavy atom. The number of hydrogen-bond acceptors (Lipinski definition) is 2. The maximum atomic E-state index is 11.8. The first-order valence-corrected chi connectivity index (χ1v) is 6.15. The highest BCUT2D eigenvalue weighted by Gasteiger charge is 2.11. The SMILES string of the molecule is CCNC(=O)CNC(=O)c1cccc(Br)c1C. The molecular weight excluding hydrogens is 284 g/mol. The maximum Gasteiger partial charge on any atom is 0.252 e. The summed E-state index contributed by atoms with van der Waals surface area (Å²) >= 11 is 3.36. The number of benzene rings is 1. The van der Waals surface area contributed by atoms with Gasteiger partial charge in [0.25, 0.3) is 5.91 Å². The van der Waals surface area contributed by atoms with Crippen molar-refractivity contribution in [3.63, 3.8) is 0 Å². The van der Waals surface area contributed by atoms with Gasteiger partial charge in [-0.05, 0) is 31.5 Å². The van der Waals surface area contributed by atoms with Crippen LogP contribution in [0.15, 0.2) is 22.7 Å². The molecule has 0 aliphatic carbocycles. The van der Waals surface area contributed by atoms with Gasteiger partial charge in [-0.1, -0.05) is 22.0 Å². The summed E-state index contributed by atoms with van der Waals surface area (Å²) < 4.78 is 0.878. The van der Waals surface area contributed by atoms with Crippen LogP contribution < -0.4 is 10.6 Å². The predicted molar refractivity (Wildman–Crippen MR) is 69.9 cm³/mol. The summed E-state index contributed by atoms with van der Waals surface area (Å²) in [6.07, 6.45) is 0. The van der Waals surface area contributed by atoms with Crippen molar-refractivity contribution in [1.29, 1.82) is 0 Å². The van der Waals surface area contributed by atoms with Gasteiger partial charge in [0, 0.05) is 16.6 Å². The first-order valence-electron chi connectivity index (χ1n) is 5.36. The standard InChI is InChI=1S/C12H15BrN2O2/c1-3-14-11(16)7-15-12(17)9-5-4-6-10(13)8(9)2/h4-6H,3,7H2,1-2H3,(H,14,16)(H,15,17). The zero-order chi connectivity index (χ0) is 12.8. The van der Waals surface area contributed by atoms with Crippen LogP contribution in [0.1, 0.15) is 22.8 Å². The van der Waals surface area contributed by atoms with Crippen molar-refractivity contribution in [2.24, 2.45) is 0 Å². The summed E-state index contributed by atoms with van der Waals surface area (Å²) in [5.74, 6) is -0.427. The molecule has 2 N–H and O–H groups in total. The van der Waals surface area contributed by atoms with Gasteiger partial charge in [0.2, 0.25) is 5.91 Å². The van der Waals surface area contributed by atoms with Gasteiger partial charge in [-0.3, -0.25) is 9.59 Å². The van der Waals surface area contributed by atoms with Crippen LogP contribution in [0.5, 0.6) is 0 Å². The molecule has 0 saturated heterocycles. The van der Waals surface area contributed by atoms with E-state index >= 15 is 0 Å². The summed E-state index contributed by atoms with van der Waals surface area (Å²) in [5.41, 5.74) is 1.43. The molecule has 0 bridgehead atoms. The Labute approximate surface area is 109 Å². The Balaban J connectivity index is 2.64. The number of carbonyl (C=O) groups is 2. The van der Waals surface area contributed by atoms with Crippen molar-refractivity contribution in [2.75, 3.05) is 13.1 Å². The fraction of sp³-hybridized carbons (Fsp3) is 0.333. The molecule has 0 heterocycles. The molecule has 1 aromatic carbocycles. The first kappa shape index (κ1) is 13.7. The van der Waals surface area contributed by atoms with E-state index in [9.17, 15) is 9.59 Å². The van der Waals surface area contributed by atoms with Crippen molar-refractivity contribution in [1.82, 2.24) is 10.6 Å². The summed E-state index contributed by atoms with van der Waals surface area (Å²) in [6, 6.07) is 5.39. The molecule has 0 aliphatic heterocycles. The average molecular weight is 299 g/mol. The van der Waals surface area contributed by atoms with Gasteiger partial charge >= 0.3 is 0 Å². The summed E-state index contributed by atoms with van der Waals surface area (Å²) in [6.45, 7) is 4.24. The molecule has 0 radical (unpaired) electrons. The van der Waals surface area contributed by atoms with Crippen LogP contribution in [-0.2, 0) is 4.79 Å². The lowest BCUT2D eigenvalue weighted by molar-refractivity contribution is -0.120. The lowest BCUT2D eigenvalue weighted by Crippen LogP contribution is -2.37. The molecule has 0 aliphatic rings. The normalized spacial score (nSPS) is 9.82. The van der Waals surface area contributed by atoms with Crippen molar-refractivity contribution < 1.29 is 9.59 Å². The molecule has 0 fully saturated rings. The molecule has 92 valence electrons. The van der Waals surface area contributed by atoms with Crippen LogP contribution in [0.4, 0.5) is 0 Å². The Bertz CT molecular complexity index is 433. The molecule has 0 unspecified atom stereocenters. The summed E-state index contributed by atoms with van der Waals surface area (Å²) in [4.78, 5) is 23.0. The van der Waals surface area contributed by atoms with Crippen LogP contribution in [0, 0.1) is 6.92 Å². The Kier molecular flexibility index (Phi) is 5.15. The van der Waals surface area contributed by atoms with E-state index in [1.807, 2.05) is 19.9 Å². The van der Waals surface area contributed by atoms with Crippen molar-refractivity contribution in [3.8, 4) is 0 Å². The van der Waals surface area contributed by atoms with E-state index in [1.165, 1.54) is 0 Å². The molecule has 0 spiro atoms. The minimum absolute atomic E-state index is 0.00136. The van der Waals surface area contributed by atoms with E-state index < -0.39 is 0 Å². The maximum absolute atomic E-state index is 11.8. The van der Waals surface area contributed by atoms with Gasteiger partial charge in [0.05, 0.1) is 6.54 Å². The lowest BCUT2D eigenvalue weighted by atomic mass is 10.1. The van der Waals surface area contributed by atoms with Crippen molar-refractivity contribution in [2.45, 2.75) is 13.8 Å². The van der Waals surface area contributed by atoms with Gasteiger partial charge in [0.15, 0.2) is 0 Å². The fourth-order valence-electron chi connectivity index (χ4n) is 1.37. The van der Waals surface area contributed by atoms with Gasteiger partial charge < -0.3 is 10.6 Å². The number of rotatable bonds is 4. The van der Waals surface area contributed by atoms with Gasteiger partial charge in [-0.15, -0.1) is 0 Å². The zero-order valence-electron chi connectivity index (χ0n) is 9.84. The lowest BCUT2D eigenvalue weighted by Gasteiger charge is -2.08. The fourth-order valence-corrected chi connectivity index (χ4v) is 1.74. The highest BCUT2D eigenvalue weighted by Crippen LogP contribution is 2.19. The van der Waals surface area contributed by atoms with Crippen LogP contribution in [0.2, 0.25) is 0 Å². The highest BCUT2D eigenvalue weighted by atomic mass is 79.9. The Morgan fingerprint density at radius 3 is 2.65 bits per heavy atom. The molecule has 0 atom stereocenters. The first-order chi connectivity index (χ1) is 8.06. The van der Waals surface area contributed by atoms with Crippen LogP contribution in [-0.4, -0.2) is 24.9 Å². The third-order valence-corrected chi connectivity index (χ3v) is 3.15. The molecular formula is C12H15BrN2O2. The van der Waals surface area contributed by atoms with Gasteiger partial charge in [-0.2, -0.15) is 0 Å². The second kappa shape index (κ2) is 6.39. The van der Waals surface area contributed by atoms with E-state index in [0.29, 0.717) is 12.1 Å². The van der Waals surface area contributed by atoms with Crippen LogP contribution in [0.3, 0.4) is 0 Å². The van der Waals surface area contributed by atoms with Crippen molar-refractivity contribution in [3.05, 3.63) is 33.8 Å². The number of hydrogen-bond donors (Lipinski definition) is 2. The minimum Gasteiger partial charge on any atom is -0.355 e. The minimum atomic E-state index is -0.241. The molecule has 0 aromatic heterocycles. The zero-order valence-corrected chi connectivity index (χ0v) is 11.4. The van der Waals surface area contributed by atoms with Crippen molar-refractivity contribution >= 4 is 27.7 Å². The Morgan fingerprint density at radius 1 is 1.29 bits per heavy atom. The molecule has 0 saturated carbocycles. The predicted octanol–water partition coefficient (Wildman–Crippen LogP) is 1.62. The number of likely N-dealkylation sites (N-methyl/N-ethyl adjacent to an activating group) is 1. The van der Waals surface area contributed by atoms with E-state index in [-0.39, 0.29) is 18.4 Å². The number of halogens is 1. The van der Waals surface area contributed by atoms with Gasteiger partial charge in [0.1, 0.15) is 0 Å². The van der Waals surface area contributed by atoms with E-state index in [2.05, 4.69) is 26.6 Å².